The summed E-state index contributed by atoms with van der Waals surface area (Å²) in [5.74, 6) is -0.844. The van der Waals surface area contributed by atoms with E-state index in [-0.39, 0.29) is 30.8 Å². The van der Waals surface area contributed by atoms with Gasteiger partial charge in [-0.3, -0.25) is 24.4 Å². The third kappa shape index (κ3) is 6.39. The lowest BCUT2D eigenvalue weighted by Gasteiger charge is -2.42. The molecule has 0 aliphatic carbocycles. The number of hydrazine groups is 1. The number of pyridine rings is 1. The van der Waals surface area contributed by atoms with Gasteiger partial charge in [-0.2, -0.15) is 0 Å². The van der Waals surface area contributed by atoms with E-state index in [0.29, 0.717) is 6.54 Å². The van der Waals surface area contributed by atoms with Crippen LogP contribution in [0.25, 0.3) is 0 Å². The quantitative estimate of drug-likeness (QED) is 0.561. The van der Waals surface area contributed by atoms with Crippen molar-refractivity contribution >= 4 is 17.8 Å². The van der Waals surface area contributed by atoms with Gasteiger partial charge in [-0.05, 0) is 55.9 Å². The van der Waals surface area contributed by atoms with Crippen molar-refractivity contribution in [3.8, 4) is 0 Å². The fourth-order valence-electron chi connectivity index (χ4n) is 4.15. The van der Waals surface area contributed by atoms with E-state index < -0.39 is 12.0 Å². The van der Waals surface area contributed by atoms with Crippen LogP contribution in [0.5, 0.6) is 0 Å². The third-order valence-electron chi connectivity index (χ3n) is 5.76. The molecule has 7 heteroatoms. The summed E-state index contributed by atoms with van der Waals surface area (Å²) in [5.41, 5.74) is 2.04. The molecule has 32 heavy (non-hydrogen) atoms. The average molecular weight is 438 g/mol. The monoisotopic (exact) mass is 437 g/mol. The molecule has 2 atom stereocenters. The van der Waals surface area contributed by atoms with E-state index in [1.807, 2.05) is 42.5 Å². The summed E-state index contributed by atoms with van der Waals surface area (Å²) >= 11 is 0. The first-order chi connectivity index (χ1) is 15.5. The molecule has 7 nitrogen and oxygen atoms in total. The molecule has 1 aliphatic rings. The average Bonchev–Trinajstić information content (AvgIpc) is 2.79. The number of benzene rings is 1. The number of hydrogen-bond acceptors (Lipinski definition) is 5. The highest BCUT2D eigenvalue weighted by Gasteiger charge is 2.36. The number of esters is 1. The van der Waals surface area contributed by atoms with Gasteiger partial charge in [0, 0.05) is 31.8 Å². The minimum Gasteiger partial charge on any atom is -0.461 e. The van der Waals surface area contributed by atoms with Crippen molar-refractivity contribution in [3.63, 3.8) is 0 Å². The van der Waals surface area contributed by atoms with E-state index in [9.17, 15) is 14.4 Å². The predicted molar refractivity (Wildman–Crippen MR) is 120 cm³/mol. The van der Waals surface area contributed by atoms with E-state index in [0.717, 1.165) is 36.8 Å². The van der Waals surface area contributed by atoms with Crippen LogP contribution in [0.3, 0.4) is 0 Å². The molecule has 0 bridgehead atoms. The van der Waals surface area contributed by atoms with Crippen LogP contribution in [0.1, 0.15) is 50.7 Å². The van der Waals surface area contributed by atoms with E-state index in [1.54, 1.807) is 19.3 Å². The lowest BCUT2D eigenvalue weighted by molar-refractivity contribution is -0.176. The highest BCUT2D eigenvalue weighted by atomic mass is 16.5. The summed E-state index contributed by atoms with van der Waals surface area (Å²) < 4.78 is 5.37. The van der Waals surface area contributed by atoms with Crippen LogP contribution in [0.4, 0.5) is 0 Å². The fraction of sp³-hybridized carbons (Fsp3) is 0.440. The summed E-state index contributed by atoms with van der Waals surface area (Å²) in [4.78, 5) is 42.0. The van der Waals surface area contributed by atoms with Crippen molar-refractivity contribution in [3.05, 3.63) is 66.0 Å². The molecule has 0 spiro atoms. The number of amides is 2. The summed E-state index contributed by atoms with van der Waals surface area (Å²) in [5, 5.41) is 2.98. The van der Waals surface area contributed by atoms with Crippen molar-refractivity contribution in [2.45, 2.75) is 58.6 Å². The molecular weight excluding hydrogens is 406 g/mol. The predicted octanol–water partition coefficient (Wildman–Crippen LogP) is 3.54. The van der Waals surface area contributed by atoms with Crippen LogP contribution in [0.2, 0.25) is 0 Å². The molecule has 0 saturated carbocycles. The highest BCUT2D eigenvalue weighted by Crippen LogP contribution is 2.26. The SMILES string of the molecule is CC(=O)N([C@H](C)CC(=O)OCc1ccccc1)N1CCC[C@@H](CCc2ccncc2)C1=O. The summed E-state index contributed by atoms with van der Waals surface area (Å²) in [7, 11) is 0. The Balaban J connectivity index is 1.58. The Labute approximate surface area is 189 Å². The zero-order valence-corrected chi connectivity index (χ0v) is 18.8. The van der Waals surface area contributed by atoms with Gasteiger partial charge in [0.25, 0.3) is 0 Å². The lowest BCUT2D eigenvalue weighted by atomic mass is 9.91. The first-order valence-corrected chi connectivity index (χ1v) is 11.1. The van der Waals surface area contributed by atoms with Crippen molar-refractivity contribution in [1.82, 2.24) is 15.0 Å². The molecule has 2 heterocycles. The summed E-state index contributed by atoms with van der Waals surface area (Å²) in [6.45, 7) is 3.87. The molecule has 1 aromatic heterocycles. The highest BCUT2D eigenvalue weighted by molar-refractivity contribution is 5.83. The van der Waals surface area contributed by atoms with Gasteiger partial charge in [0.15, 0.2) is 0 Å². The molecular formula is C25H31N3O4. The van der Waals surface area contributed by atoms with Crippen molar-refractivity contribution in [1.29, 1.82) is 0 Å². The van der Waals surface area contributed by atoms with Crippen LogP contribution in [-0.4, -0.2) is 45.4 Å². The van der Waals surface area contributed by atoms with Crippen molar-refractivity contribution < 1.29 is 19.1 Å². The lowest BCUT2D eigenvalue weighted by Crippen LogP contribution is -2.57. The van der Waals surface area contributed by atoms with E-state index in [1.165, 1.54) is 16.9 Å². The number of hydrogen-bond donors (Lipinski definition) is 0. The summed E-state index contributed by atoms with van der Waals surface area (Å²) in [6.07, 6.45) is 6.66. The topological polar surface area (TPSA) is 79.8 Å². The van der Waals surface area contributed by atoms with Gasteiger partial charge in [-0.1, -0.05) is 30.3 Å². The maximum absolute atomic E-state index is 13.2. The number of nitrogens with zero attached hydrogens (tertiary/aromatic N) is 3. The Kier molecular flexibility index (Phi) is 8.36. The Bertz CT molecular complexity index is 904. The zero-order chi connectivity index (χ0) is 22.9. The van der Waals surface area contributed by atoms with Crippen LogP contribution >= 0.6 is 0 Å². The van der Waals surface area contributed by atoms with Gasteiger partial charge < -0.3 is 4.74 Å². The van der Waals surface area contributed by atoms with Gasteiger partial charge in [0.05, 0.1) is 12.5 Å². The smallest absolute Gasteiger partial charge is 0.308 e. The second-order valence-electron chi connectivity index (χ2n) is 8.26. The molecule has 2 amide bonds. The van der Waals surface area contributed by atoms with Gasteiger partial charge in [-0.15, -0.1) is 0 Å². The number of carbonyl (C=O) groups is 3. The van der Waals surface area contributed by atoms with E-state index in [2.05, 4.69) is 4.98 Å². The number of piperidine rings is 1. The minimum atomic E-state index is -0.473. The first kappa shape index (κ1) is 23.4. The minimum absolute atomic E-state index is 0.0257. The zero-order valence-electron chi connectivity index (χ0n) is 18.8. The number of carbonyl (C=O) groups excluding carboxylic acids is 3. The third-order valence-corrected chi connectivity index (χ3v) is 5.76. The van der Waals surface area contributed by atoms with Crippen LogP contribution in [0, 0.1) is 5.92 Å². The molecule has 0 unspecified atom stereocenters. The largest absolute Gasteiger partial charge is 0.461 e. The van der Waals surface area contributed by atoms with E-state index >= 15 is 0 Å². The second-order valence-corrected chi connectivity index (χ2v) is 8.26. The van der Waals surface area contributed by atoms with Gasteiger partial charge in [-0.25, -0.2) is 5.01 Å². The van der Waals surface area contributed by atoms with Gasteiger partial charge in [0.2, 0.25) is 11.8 Å². The molecule has 170 valence electrons. The standard InChI is InChI=1S/C25H31N3O4/c1-19(17-24(30)32-18-22-7-4-3-5-8-22)28(20(2)29)27-16-6-9-23(25(27)31)11-10-21-12-14-26-15-13-21/h3-5,7-8,12-15,19,23H,6,9-11,16-18H2,1-2H3/t19-,23+/m1/s1. The maximum Gasteiger partial charge on any atom is 0.308 e. The molecule has 3 rings (SSSR count). The second kappa shape index (κ2) is 11.4. The Morgan fingerprint density at radius 3 is 2.56 bits per heavy atom. The van der Waals surface area contributed by atoms with Gasteiger partial charge in [0.1, 0.15) is 6.61 Å². The normalized spacial score (nSPS) is 17.0. The molecule has 1 fully saturated rings. The van der Waals surface area contributed by atoms with Crippen molar-refractivity contribution in [2.24, 2.45) is 5.92 Å². The van der Waals surface area contributed by atoms with Crippen LogP contribution in [0.15, 0.2) is 54.9 Å². The first-order valence-electron chi connectivity index (χ1n) is 11.1. The molecule has 1 aliphatic heterocycles. The summed E-state index contributed by atoms with van der Waals surface area (Å²) in [6, 6.07) is 12.9. The van der Waals surface area contributed by atoms with Crippen LogP contribution < -0.4 is 0 Å². The van der Waals surface area contributed by atoms with Crippen LogP contribution in [-0.2, 0) is 32.1 Å². The molecule has 0 N–H and O–H groups in total. The fourth-order valence-corrected chi connectivity index (χ4v) is 4.15. The molecule has 2 aromatic rings. The number of aromatic nitrogens is 1. The van der Waals surface area contributed by atoms with E-state index in [4.69, 9.17) is 4.74 Å². The Morgan fingerprint density at radius 1 is 1.16 bits per heavy atom. The molecule has 1 aromatic carbocycles. The maximum atomic E-state index is 13.2. The number of ether oxygens (including phenoxy) is 1. The Morgan fingerprint density at radius 2 is 1.88 bits per heavy atom. The molecule has 0 radical (unpaired) electrons. The number of aryl methyl sites for hydroxylation is 1. The molecule has 1 saturated heterocycles. The number of rotatable bonds is 9. The Hall–Kier alpha value is -3.22. The van der Waals surface area contributed by atoms with Crippen molar-refractivity contribution in [2.75, 3.05) is 6.54 Å². The van der Waals surface area contributed by atoms with Gasteiger partial charge >= 0.3 is 5.97 Å².